The van der Waals surface area contributed by atoms with E-state index in [9.17, 15) is 9.59 Å². The van der Waals surface area contributed by atoms with Gasteiger partial charge in [-0.25, -0.2) is 0 Å². The van der Waals surface area contributed by atoms with Gasteiger partial charge in [-0.2, -0.15) is 0 Å². The molecule has 4 atom stereocenters. The van der Waals surface area contributed by atoms with Crippen LogP contribution in [0.4, 0.5) is 11.4 Å². The molecule has 1 aliphatic heterocycles. The zero-order valence-electron chi connectivity index (χ0n) is 10.3. The molecule has 2 N–H and O–H groups in total. The third-order valence-corrected chi connectivity index (χ3v) is 4.51. The number of fused-ring (bicyclic) bond motifs is 6. The minimum Gasteiger partial charge on any atom is -0.324 e. The Kier molecular flexibility index (Phi) is 2.10. The van der Waals surface area contributed by atoms with Crippen molar-refractivity contribution in [1.29, 1.82) is 0 Å². The van der Waals surface area contributed by atoms with Crippen LogP contribution in [0.3, 0.4) is 0 Å². The normalized spacial score (nSPS) is 34.9. The van der Waals surface area contributed by atoms with E-state index in [1.807, 2.05) is 24.3 Å². The SMILES string of the molecule is O=C1Nc2ccccc2NC(=O)[C@@H]2[C@@H]1[C@@H]1C=C[C@@H]2C1. The number of carbonyl (C=O) groups excluding carboxylic acids is 2. The van der Waals surface area contributed by atoms with Gasteiger partial charge in [-0.15, -0.1) is 0 Å². The van der Waals surface area contributed by atoms with E-state index >= 15 is 0 Å². The minimum absolute atomic E-state index is 0.0239. The van der Waals surface area contributed by atoms with E-state index in [1.165, 1.54) is 0 Å². The Morgan fingerprint density at radius 1 is 0.842 bits per heavy atom. The van der Waals surface area contributed by atoms with Gasteiger partial charge >= 0.3 is 0 Å². The second-order valence-electron chi connectivity index (χ2n) is 5.52. The van der Waals surface area contributed by atoms with Crippen LogP contribution in [0.5, 0.6) is 0 Å². The summed E-state index contributed by atoms with van der Waals surface area (Å²) < 4.78 is 0. The molecule has 1 aromatic carbocycles. The topological polar surface area (TPSA) is 58.2 Å². The zero-order valence-corrected chi connectivity index (χ0v) is 10.3. The number of rotatable bonds is 0. The number of amides is 2. The molecule has 0 spiro atoms. The Morgan fingerprint density at radius 2 is 1.32 bits per heavy atom. The first-order valence-corrected chi connectivity index (χ1v) is 6.63. The van der Waals surface area contributed by atoms with Gasteiger partial charge in [0, 0.05) is 0 Å². The summed E-state index contributed by atoms with van der Waals surface area (Å²) in [6, 6.07) is 7.34. The van der Waals surface area contributed by atoms with E-state index in [0.29, 0.717) is 11.4 Å². The van der Waals surface area contributed by atoms with Gasteiger partial charge in [-0.1, -0.05) is 24.3 Å². The molecule has 0 aromatic heterocycles. The van der Waals surface area contributed by atoms with Gasteiger partial charge < -0.3 is 10.6 Å². The number of allylic oxidation sites excluding steroid dienone is 2. The van der Waals surface area contributed by atoms with Crippen LogP contribution in [0.1, 0.15) is 6.42 Å². The van der Waals surface area contributed by atoms with Crippen LogP contribution in [-0.4, -0.2) is 11.8 Å². The molecule has 4 heteroatoms. The molecule has 0 radical (unpaired) electrons. The highest BCUT2D eigenvalue weighted by atomic mass is 16.2. The maximum Gasteiger partial charge on any atom is 0.228 e. The van der Waals surface area contributed by atoms with Crippen molar-refractivity contribution in [1.82, 2.24) is 0 Å². The van der Waals surface area contributed by atoms with Crippen molar-refractivity contribution < 1.29 is 9.59 Å². The number of nitrogens with one attached hydrogen (secondary N) is 2. The molecule has 2 aliphatic carbocycles. The summed E-state index contributed by atoms with van der Waals surface area (Å²) >= 11 is 0. The molecule has 4 rings (SSSR count). The number of para-hydroxylation sites is 2. The summed E-state index contributed by atoms with van der Waals surface area (Å²) in [5.41, 5.74) is 1.37. The lowest BCUT2D eigenvalue weighted by Gasteiger charge is -2.29. The monoisotopic (exact) mass is 254 g/mol. The predicted octanol–water partition coefficient (Wildman–Crippen LogP) is 2.02. The van der Waals surface area contributed by atoms with E-state index < -0.39 is 0 Å². The van der Waals surface area contributed by atoms with E-state index in [1.54, 1.807) is 0 Å². The van der Waals surface area contributed by atoms with Gasteiger partial charge in [0.2, 0.25) is 11.8 Å². The molecular weight excluding hydrogens is 240 g/mol. The maximum absolute atomic E-state index is 12.4. The fraction of sp³-hybridized carbons (Fsp3) is 0.333. The third-order valence-electron chi connectivity index (χ3n) is 4.51. The molecule has 0 unspecified atom stereocenters. The molecule has 1 heterocycles. The minimum atomic E-state index is -0.219. The molecule has 3 aliphatic rings. The van der Waals surface area contributed by atoms with Crippen molar-refractivity contribution in [3.63, 3.8) is 0 Å². The summed E-state index contributed by atoms with van der Waals surface area (Å²) in [5.74, 6) is -0.0583. The predicted molar refractivity (Wildman–Crippen MR) is 71.4 cm³/mol. The van der Waals surface area contributed by atoms with Gasteiger partial charge in [-0.3, -0.25) is 9.59 Å². The van der Waals surface area contributed by atoms with Crippen LogP contribution in [0.25, 0.3) is 0 Å². The largest absolute Gasteiger partial charge is 0.324 e. The van der Waals surface area contributed by atoms with Crippen LogP contribution < -0.4 is 10.6 Å². The summed E-state index contributed by atoms with van der Waals surface area (Å²) in [5, 5.41) is 5.90. The molecule has 1 aromatic rings. The van der Waals surface area contributed by atoms with Gasteiger partial charge in [0.15, 0.2) is 0 Å². The van der Waals surface area contributed by atoms with Crippen LogP contribution in [0, 0.1) is 23.7 Å². The Bertz CT molecular complexity index is 557. The van der Waals surface area contributed by atoms with Crippen molar-refractivity contribution in [2.45, 2.75) is 6.42 Å². The lowest BCUT2D eigenvalue weighted by Crippen LogP contribution is -2.41. The van der Waals surface area contributed by atoms with Crippen molar-refractivity contribution in [3.8, 4) is 0 Å². The zero-order chi connectivity index (χ0) is 13.0. The summed E-state index contributed by atoms with van der Waals surface area (Å²) in [7, 11) is 0. The van der Waals surface area contributed by atoms with Crippen LogP contribution in [0.2, 0.25) is 0 Å². The van der Waals surface area contributed by atoms with Crippen LogP contribution in [-0.2, 0) is 9.59 Å². The van der Waals surface area contributed by atoms with Crippen LogP contribution in [0.15, 0.2) is 36.4 Å². The third kappa shape index (κ3) is 1.46. The van der Waals surface area contributed by atoms with Crippen molar-refractivity contribution in [2.24, 2.45) is 23.7 Å². The summed E-state index contributed by atoms with van der Waals surface area (Å²) in [6.07, 6.45) is 5.10. The van der Waals surface area contributed by atoms with E-state index in [4.69, 9.17) is 0 Å². The quantitative estimate of drug-likeness (QED) is 0.696. The van der Waals surface area contributed by atoms with Crippen LogP contribution >= 0.6 is 0 Å². The molecule has 1 saturated carbocycles. The molecule has 2 amide bonds. The molecule has 19 heavy (non-hydrogen) atoms. The van der Waals surface area contributed by atoms with E-state index in [0.717, 1.165) is 6.42 Å². The molecule has 4 nitrogen and oxygen atoms in total. The summed E-state index contributed by atoms with van der Waals surface area (Å²) in [4.78, 5) is 24.8. The first-order chi connectivity index (χ1) is 9.24. The smallest absolute Gasteiger partial charge is 0.228 e. The fourth-order valence-electron chi connectivity index (χ4n) is 3.67. The number of hydrogen-bond donors (Lipinski definition) is 2. The number of anilines is 2. The molecule has 1 fully saturated rings. The van der Waals surface area contributed by atoms with E-state index in [2.05, 4.69) is 22.8 Å². The highest BCUT2D eigenvalue weighted by Gasteiger charge is 2.52. The first kappa shape index (κ1) is 10.8. The van der Waals surface area contributed by atoms with Crippen molar-refractivity contribution in [3.05, 3.63) is 36.4 Å². The van der Waals surface area contributed by atoms with Gasteiger partial charge in [0.25, 0.3) is 0 Å². The van der Waals surface area contributed by atoms with E-state index in [-0.39, 0.29) is 35.5 Å². The molecule has 96 valence electrons. The van der Waals surface area contributed by atoms with Gasteiger partial charge in [0.05, 0.1) is 23.2 Å². The highest BCUT2D eigenvalue weighted by Crippen LogP contribution is 2.49. The first-order valence-electron chi connectivity index (χ1n) is 6.63. The lowest BCUT2D eigenvalue weighted by molar-refractivity contribution is -0.129. The maximum atomic E-state index is 12.4. The number of hydrogen-bond acceptors (Lipinski definition) is 2. The Morgan fingerprint density at radius 3 is 1.79 bits per heavy atom. The number of carbonyl (C=O) groups is 2. The highest BCUT2D eigenvalue weighted by molar-refractivity contribution is 6.06. The second kappa shape index (κ2) is 3.70. The van der Waals surface area contributed by atoms with Crippen molar-refractivity contribution >= 4 is 23.2 Å². The van der Waals surface area contributed by atoms with Gasteiger partial charge in [0.1, 0.15) is 0 Å². The average Bonchev–Trinajstić information content (AvgIpc) is 2.99. The average molecular weight is 254 g/mol. The molecule has 0 saturated heterocycles. The van der Waals surface area contributed by atoms with Gasteiger partial charge in [-0.05, 0) is 30.4 Å². The fourth-order valence-corrected chi connectivity index (χ4v) is 3.67. The van der Waals surface area contributed by atoms with Crippen molar-refractivity contribution in [2.75, 3.05) is 10.6 Å². The Hall–Kier alpha value is -2.10. The number of benzene rings is 1. The molecular formula is C15H14N2O2. The lowest BCUT2D eigenvalue weighted by atomic mass is 9.81. The molecule has 2 bridgehead atoms. The standard InChI is InChI=1S/C15H14N2O2/c18-14-12-8-5-6-9(7-8)13(12)15(19)17-11-4-2-1-3-10(11)16-14/h1-6,8-9,12-13H,7H2,(H,16,18)(H,17,19)/t8-,9-,12+,13+/m1/s1. The second-order valence-corrected chi connectivity index (χ2v) is 5.52. The Labute approximate surface area is 110 Å². The Balaban J connectivity index is 1.80. The summed E-state index contributed by atoms with van der Waals surface area (Å²) in [6.45, 7) is 0.